The fraction of sp³-hybridized carbons (Fsp3) is 0.478. The molecule has 6 heteroatoms. The van der Waals surface area contributed by atoms with Crippen molar-refractivity contribution in [1.29, 1.82) is 0 Å². The van der Waals surface area contributed by atoms with Crippen molar-refractivity contribution in [3.05, 3.63) is 46.3 Å². The summed E-state index contributed by atoms with van der Waals surface area (Å²) in [5.74, 6) is 1.60. The minimum atomic E-state index is -0.0125. The third-order valence-corrected chi connectivity index (χ3v) is 5.94. The monoisotopic (exact) mass is 396 g/mol. The van der Waals surface area contributed by atoms with Gasteiger partial charge < -0.3 is 14.5 Å². The third kappa shape index (κ3) is 3.81. The lowest BCUT2D eigenvalue weighted by molar-refractivity contribution is 0.0916. The molecule has 154 valence electrons. The standard InChI is InChI=1S/C23H28N2O4/c1-14-22(16(3)26)15(2)24-23(14)19(27)13-25-9-4-6-18(25)17-7-8-20-21(12-17)29-11-5-10-28-20/h7-8,12,18,24H,4-6,9-11,13H2,1-3H3/t18-/m0/s1. The Bertz CT molecular complexity index is 947. The number of carbonyl (C=O) groups excluding carboxylic acids is 2. The number of ketones is 2. The molecule has 0 amide bonds. The lowest BCUT2D eigenvalue weighted by Crippen LogP contribution is -2.30. The molecule has 1 fully saturated rings. The van der Waals surface area contributed by atoms with Gasteiger partial charge in [0.05, 0.1) is 25.5 Å². The maximum Gasteiger partial charge on any atom is 0.193 e. The van der Waals surface area contributed by atoms with Crippen molar-refractivity contribution in [2.45, 2.75) is 46.1 Å². The van der Waals surface area contributed by atoms with Gasteiger partial charge in [0.25, 0.3) is 0 Å². The Morgan fingerprint density at radius 1 is 1.14 bits per heavy atom. The molecule has 1 saturated heterocycles. The molecule has 0 spiro atoms. The average Bonchev–Trinajstić information content (AvgIpc) is 3.16. The van der Waals surface area contributed by atoms with Crippen molar-refractivity contribution in [2.24, 2.45) is 0 Å². The van der Waals surface area contributed by atoms with Crippen LogP contribution in [0.2, 0.25) is 0 Å². The number of carbonyl (C=O) groups is 2. The Morgan fingerprint density at radius 3 is 2.62 bits per heavy atom. The fourth-order valence-corrected chi connectivity index (χ4v) is 4.60. The summed E-state index contributed by atoms with van der Waals surface area (Å²) in [6, 6.07) is 6.30. The predicted octanol–water partition coefficient (Wildman–Crippen LogP) is 4.02. The highest BCUT2D eigenvalue weighted by Crippen LogP contribution is 2.38. The number of likely N-dealkylation sites (tertiary alicyclic amines) is 1. The first kappa shape index (κ1) is 19.7. The smallest absolute Gasteiger partial charge is 0.193 e. The summed E-state index contributed by atoms with van der Waals surface area (Å²) in [6.45, 7) is 7.77. The van der Waals surface area contributed by atoms with Crippen LogP contribution in [0.1, 0.15) is 69.9 Å². The van der Waals surface area contributed by atoms with Crippen LogP contribution >= 0.6 is 0 Å². The van der Waals surface area contributed by atoms with Crippen LogP contribution in [0.4, 0.5) is 0 Å². The summed E-state index contributed by atoms with van der Waals surface area (Å²) in [7, 11) is 0. The molecule has 1 atom stereocenters. The summed E-state index contributed by atoms with van der Waals surface area (Å²) < 4.78 is 11.6. The van der Waals surface area contributed by atoms with Crippen LogP contribution in [0.3, 0.4) is 0 Å². The average molecular weight is 396 g/mol. The zero-order valence-electron chi connectivity index (χ0n) is 17.3. The van der Waals surface area contributed by atoms with Gasteiger partial charge in [0.15, 0.2) is 23.1 Å². The van der Waals surface area contributed by atoms with Crippen molar-refractivity contribution in [3.8, 4) is 11.5 Å². The van der Waals surface area contributed by atoms with E-state index in [4.69, 9.17) is 9.47 Å². The molecule has 0 saturated carbocycles. The predicted molar refractivity (Wildman–Crippen MR) is 110 cm³/mol. The van der Waals surface area contributed by atoms with Gasteiger partial charge in [-0.2, -0.15) is 0 Å². The van der Waals surface area contributed by atoms with E-state index in [0.29, 0.717) is 31.0 Å². The number of hydrogen-bond donors (Lipinski definition) is 1. The lowest BCUT2D eigenvalue weighted by Gasteiger charge is -2.24. The van der Waals surface area contributed by atoms with Crippen LogP contribution < -0.4 is 9.47 Å². The Hall–Kier alpha value is -2.60. The second-order valence-corrected chi connectivity index (χ2v) is 7.99. The number of rotatable bonds is 5. The molecule has 3 heterocycles. The maximum absolute atomic E-state index is 13.0. The molecular weight excluding hydrogens is 368 g/mol. The number of nitrogens with zero attached hydrogens (tertiary/aromatic N) is 1. The highest BCUT2D eigenvalue weighted by Gasteiger charge is 2.30. The summed E-state index contributed by atoms with van der Waals surface area (Å²) in [4.78, 5) is 30.3. The normalized spacial score (nSPS) is 19.2. The Morgan fingerprint density at radius 2 is 1.90 bits per heavy atom. The van der Waals surface area contributed by atoms with E-state index in [9.17, 15) is 9.59 Å². The van der Waals surface area contributed by atoms with E-state index in [-0.39, 0.29) is 17.6 Å². The molecule has 1 aromatic carbocycles. The van der Waals surface area contributed by atoms with Crippen molar-refractivity contribution >= 4 is 11.6 Å². The van der Waals surface area contributed by atoms with Gasteiger partial charge in [-0.3, -0.25) is 14.5 Å². The van der Waals surface area contributed by atoms with Crippen molar-refractivity contribution in [3.63, 3.8) is 0 Å². The van der Waals surface area contributed by atoms with Crippen LogP contribution in [0.5, 0.6) is 11.5 Å². The molecule has 2 aromatic rings. The van der Waals surface area contributed by atoms with Crippen molar-refractivity contribution in [1.82, 2.24) is 9.88 Å². The number of hydrogen-bond acceptors (Lipinski definition) is 5. The fourth-order valence-electron chi connectivity index (χ4n) is 4.60. The van der Waals surface area contributed by atoms with Crippen molar-refractivity contribution < 1.29 is 19.1 Å². The number of nitrogens with one attached hydrogen (secondary N) is 1. The van der Waals surface area contributed by atoms with Crippen LogP contribution in [0.25, 0.3) is 0 Å². The van der Waals surface area contributed by atoms with Crippen LogP contribution in [0.15, 0.2) is 18.2 Å². The molecule has 29 heavy (non-hydrogen) atoms. The zero-order chi connectivity index (χ0) is 20.5. The van der Waals surface area contributed by atoms with Gasteiger partial charge in [-0.15, -0.1) is 0 Å². The molecule has 1 N–H and O–H groups in total. The SMILES string of the molecule is CC(=O)c1c(C)[nH]c(C(=O)CN2CCC[C@H]2c2ccc3c(c2)OCCCO3)c1C. The molecule has 0 radical (unpaired) electrons. The van der Waals surface area contributed by atoms with E-state index < -0.39 is 0 Å². The number of aromatic amines is 1. The zero-order valence-corrected chi connectivity index (χ0v) is 17.3. The number of benzene rings is 1. The summed E-state index contributed by atoms with van der Waals surface area (Å²) in [5.41, 5.74) is 3.86. The highest BCUT2D eigenvalue weighted by atomic mass is 16.5. The van der Waals surface area contributed by atoms with Gasteiger partial charge in [-0.25, -0.2) is 0 Å². The molecule has 6 nitrogen and oxygen atoms in total. The highest BCUT2D eigenvalue weighted by molar-refractivity contribution is 6.04. The van der Waals surface area contributed by atoms with Gasteiger partial charge in [0, 0.05) is 23.7 Å². The topological polar surface area (TPSA) is 71.6 Å². The van der Waals surface area contributed by atoms with E-state index in [2.05, 4.69) is 22.0 Å². The van der Waals surface area contributed by atoms with Gasteiger partial charge in [-0.05, 0) is 63.4 Å². The third-order valence-electron chi connectivity index (χ3n) is 5.94. The quantitative estimate of drug-likeness (QED) is 0.773. The second kappa shape index (κ2) is 8.03. The summed E-state index contributed by atoms with van der Waals surface area (Å²) in [5, 5.41) is 0. The number of aryl methyl sites for hydroxylation is 1. The van der Waals surface area contributed by atoms with Crippen LogP contribution in [-0.2, 0) is 0 Å². The Balaban J connectivity index is 1.54. The molecule has 0 aliphatic carbocycles. The Kier molecular flexibility index (Phi) is 5.46. The molecule has 2 aliphatic heterocycles. The van der Waals surface area contributed by atoms with E-state index in [1.807, 2.05) is 19.9 Å². The molecular formula is C23H28N2O4. The van der Waals surface area contributed by atoms with Gasteiger partial charge >= 0.3 is 0 Å². The van der Waals surface area contributed by atoms with E-state index in [0.717, 1.165) is 54.1 Å². The van der Waals surface area contributed by atoms with Gasteiger partial charge in [0.1, 0.15) is 0 Å². The minimum Gasteiger partial charge on any atom is -0.490 e. The number of aromatic nitrogens is 1. The minimum absolute atomic E-state index is 0.0125. The molecule has 0 unspecified atom stereocenters. The van der Waals surface area contributed by atoms with Crippen molar-refractivity contribution in [2.75, 3.05) is 26.3 Å². The summed E-state index contributed by atoms with van der Waals surface area (Å²) >= 11 is 0. The molecule has 4 rings (SSSR count). The molecule has 0 bridgehead atoms. The first-order valence-electron chi connectivity index (χ1n) is 10.3. The van der Waals surface area contributed by atoms with Gasteiger partial charge in [-0.1, -0.05) is 6.07 Å². The number of fused-ring (bicyclic) bond motifs is 1. The van der Waals surface area contributed by atoms with E-state index in [1.54, 1.807) is 0 Å². The summed E-state index contributed by atoms with van der Waals surface area (Å²) in [6.07, 6.45) is 2.94. The molecule has 1 aromatic heterocycles. The number of Topliss-reactive ketones (excluding diaryl/α,β-unsaturated/α-hetero) is 2. The largest absolute Gasteiger partial charge is 0.490 e. The molecule has 2 aliphatic rings. The Labute approximate surface area is 171 Å². The lowest BCUT2D eigenvalue weighted by atomic mass is 10.0. The number of ether oxygens (including phenoxy) is 2. The first-order valence-corrected chi connectivity index (χ1v) is 10.3. The van der Waals surface area contributed by atoms with Gasteiger partial charge in [0.2, 0.25) is 0 Å². The second-order valence-electron chi connectivity index (χ2n) is 7.99. The van der Waals surface area contributed by atoms with E-state index >= 15 is 0 Å². The van der Waals surface area contributed by atoms with E-state index in [1.165, 1.54) is 6.92 Å². The number of H-pyrrole nitrogens is 1. The first-order chi connectivity index (χ1) is 14.0. The maximum atomic E-state index is 13.0. The van der Waals surface area contributed by atoms with Crippen LogP contribution in [0, 0.1) is 13.8 Å². The van der Waals surface area contributed by atoms with Crippen LogP contribution in [-0.4, -0.2) is 47.8 Å².